The first-order valence-corrected chi connectivity index (χ1v) is 19.6. The summed E-state index contributed by atoms with van der Waals surface area (Å²) in [6.07, 6.45) is 8.31. The smallest absolute Gasteiger partial charge is 0.418 e. The molecule has 0 aliphatic rings. The fourth-order valence-corrected chi connectivity index (χ4v) is 6.40. The molecule has 2 radical (unpaired) electrons. The Morgan fingerprint density at radius 3 is 1.20 bits per heavy atom. The number of hydrogen-bond donors (Lipinski definition) is 0. The molecule has 0 atom stereocenters. The summed E-state index contributed by atoms with van der Waals surface area (Å²) in [7, 11) is 0.658. The van der Waals surface area contributed by atoms with Crippen molar-refractivity contribution in [2.24, 2.45) is 0 Å². The molecule has 0 aromatic heterocycles. The molecule has 0 heterocycles. The number of fused-ring (bicyclic) bond motifs is 2. The number of hydrogen-bond acceptors (Lipinski definition) is 1. The van der Waals surface area contributed by atoms with E-state index in [2.05, 4.69) is 184 Å². The van der Waals surface area contributed by atoms with Crippen LogP contribution in [0.15, 0.2) is 194 Å². The molecule has 0 bridgehead atoms. The van der Waals surface area contributed by atoms with E-state index in [9.17, 15) is 0 Å². The van der Waals surface area contributed by atoms with Crippen molar-refractivity contribution >= 4 is 43.5 Å². The first-order valence-electron chi connectivity index (χ1n) is 18.2. The van der Waals surface area contributed by atoms with Crippen molar-refractivity contribution in [2.45, 2.75) is 27.3 Å². The second-order valence-corrected chi connectivity index (χ2v) is 13.3. The molecule has 8 rings (SSSR count). The van der Waals surface area contributed by atoms with Crippen LogP contribution in [0.5, 0.6) is 0 Å². The first-order chi connectivity index (χ1) is 26.1. The van der Waals surface area contributed by atoms with Gasteiger partial charge in [-0.05, 0) is 35.7 Å². The molecule has 0 saturated heterocycles. The summed E-state index contributed by atoms with van der Waals surface area (Å²) in [4.78, 5) is 0. The molecular weight excluding hydrogens is 748 g/mol. The van der Waals surface area contributed by atoms with Crippen molar-refractivity contribution in [2.75, 3.05) is 6.61 Å². The number of benzene rings is 6. The van der Waals surface area contributed by atoms with Crippen molar-refractivity contribution < 1.29 is 30.6 Å². The van der Waals surface area contributed by atoms with Gasteiger partial charge in [0.15, 0.2) is 0 Å². The van der Waals surface area contributed by atoms with Crippen LogP contribution in [-0.4, -0.2) is 16.4 Å². The summed E-state index contributed by atoms with van der Waals surface area (Å²) >= 11 is 0. The standard InChI is InChI=1S/2C16H13.C16H14.C3H8OSi.Zr/c2*1-12-10-14-8-5-9-15(16(14)11-12)13-6-3-2-4-7-13;1-3-9-15(10-4-1)13-7-8-14-16-11-5-2-6-12-16;1-3-4-5-2;/h2*2-11H,1H3;1-14H;3H2,1-2H3;/q2*-1;;;+2. The average Bonchev–Trinajstić information content (AvgIpc) is 3.80. The Labute approximate surface area is 344 Å². The molecule has 3 heteroatoms. The average molecular weight is 796 g/mol. The maximum absolute atomic E-state index is 4.86. The van der Waals surface area contributed by atoms with Gasteiger partial charge < -0.3 is 4.43 Å². The van der Waals surface area contributed by atoms with Crippen LogP contribution in [0.1, 0.15) is 29.2 Å². The number of rotatable bonds is 7. The molecule has 0 unspecified atom stereocenters. The third kappa shape index (κ3) is 12.9. The molecule has 54 heavy (non-hydrogen) atoms. The second kappa shape index (κ2) is 23.0. The van der Waals surface area contributed by atoms with Crippen LogP contribution >= 0.6 is 0 Å². The van der Waals surface area contributed by atoms with Gasteiger partial charge in [-0.15, -0.1) is 69.1 Å². The summed E-state index contributed by atoms with van der Waals surface area (Å²) in [5.74, 6) is 0. The van der Waals surface area contributed by atoms with Crippen molar-refractivity contribution in [1.82, 2.24) is 0 Å². The molecule has 0 aliphatic carbocycles. The predicted molar refractivity (Wildman–Crippen MR) is 234 cm³/mol. The SMILES string of the molecule is C(C=Cc1ccccc1)=Cc1ccccc1.CCO[Si]C.Cc1cc2c(-c3ccccc3)cccc2[cH-]1.Cc1cc2c(-c3ccccc3)cccc2[cH-]1.[Zr+2]. The van der Waals surface area contributed by atoms with Gasteiger partial charge in [-0.1, -0.05) is 183 Å². The van der Waals surface area contributed by atoms with Gasteiger partial charge in [0.1, 0.15) is 0 Å². The Kier molecular flexibility index (Phi) is 17.8. The van der Waals surface area contributed by atoms with Crippen LogP contribution in [0, 0.1) is 13.8 Å². The summed E-state index contributed by atoms with van der Waals surface area (Å²) in [5.41, 5.74) is 10.3. The van der Waals surface area contributed by atoms with Crippen LogP contribution in [-0.2, 0) is 30.6 Å². The summed E-state index contributed by atoms with van der Waals surface area (Å²) in [6.45, 7) is 9.17. The Balaban J connectivity index is 0.000000168. The van der Waals surface area contributed by atoms with Crippen LogP contribution < -0.4 is 0 Å². The molecule has 8 aromatic carbocycles. The van der Waals surface area contributed by atoms with E-state index in [0.717, 1.165) is 6.61 Å². The molecule has 0 spiro atoms. The van der Waals surface area contributed by atoms with Crippen LogP contribution in [0.25, 0.3) is 56.0 Å². The van der Waals surface area contributed by atoms with Crippen molar-refractivity contribution in [3.05, 3.63) is 216 Å². The Hall–Kier alpha value is -4.92. The van der Waals surface area contributed by atoms with Crippen LogP contribution in [0.4, 0.5) is 0 Å². The zero-order valence-electron chi connectivity index (χ0n) is 31.7. The van der Waals surface area contributed by atoms with Crippen molar-refractivity contribution in [1.29, 1.82) is 0 Å². The quantitative estimate of drug-likeness (QED) is 0.0887. The normalized spacial score (nSPS) is 10.5. The minimum atomic E-state index is 0. The summed E-state index contributed by atoms with van der Waals surface area (Å²) in [5, 5.41) is 5.37. The largest absolute Gasteiger partial charge is 2.00 e. The van der Waals surface area contributed by atoms with E-state index in [-0.39, 0.29) is 26.2 Å². The predicted octanol–water partition coefficient (Wildman–Crippen LogP) is 14.2. The molecule has 0 saturated carbocycles. The van der Waals surface area contributed by atoms with Crippen LogP contribution in [0.3, 0.4) is 0 Å². The molecule has 0 N–H and O–H groups in total. The number of allylic oxidation sites excluding steroid dienone is 2. The minimum Gasteiger partial charge on any atom is -0.418 e. The van der Waals surface area contributed by atoms with E-state index in [0.29, 0.717) is 9.76 Å². The first kappa shape index (κ1) is 41.8. The van der Waals surface area contributed by atoms with Crippen molar-refractivity contribution in [3.8, 4) is 22.3 Å². The van der Waals surface area contributed by atoms with E-state index in [1.165, 1.54) is 66.1 Å². The van der Waals surface area contributed by atoms with E-state index >= 15 is 0 Å². The van der Waals surface area contributed by atoms with E-state index in [1.807, 2.05) is 49.9 Å². The zero-order valence-corrected chi connectivity index (χ0v) is 35.2. The number of aryl methyl sites for hydroxylation is 2. The van der Waals surface area contributed by atoms with Gasteiger partial charge in [0.05, 0.1) is 0 Å². The molecular formula is C51H48OSiZr. The second-order valence-electron chi connectivity index (χ2n) is 12.6. The Bertz CT molecular complexity index is 2120. The third-order valence-corrected chi connectivity index (χ3v) is 9.11. The molecule has 0 amide bonds. The van der Waals surface area contributed by atoms with Gasteiger partial charge in [-0.25, -0.2) is 0 Å². The topological polar surface area (TPSA) is 9.23 Å². The van der Waals surface area contributed by atoms with Gasteiger partial charge in [0, 0.05) is 6.61 Å². The van der Waals surface area contributed by atoms with Gasteiger partial charge in [-0.3, -0.25) is 0 Å². The monoisotopic (exact) mass is 794 g/mol. The maximum atomic E-state index is 4.86. The van der Waals surface area contributed by atoms with Gasteiger partial charge in [0.2, 0.25) is 9.76 Å². The molecule has 8 aromatic rings. The summed E-state index contributed by atoms with van der Waals surface area (Å²) < 4.78 is 4.86. The molecule has 0 aliphatic heterocycles. The third-order valence-electron chi connectivity index (χ3n) is 8.54. The Morgan fingerprint density at radius 2 is 0.870 bits per heavy atom. The summed E-state index contributed by atoms with van der Waals surface area (Å²) in [6, 6.07) is 63.7. The molecule has 1 nitrogen and oxygen atoms in total. The molecule has 266 valence electrons. The van der Waals surface area contributed by atoms with Gasteiger partial charge >= 0.3 is 26.2 Å². The minimum absolute atomic E-state index is 0. The zero-order chi connectivity index (χ0) is 37.1. The fraction of sp³-hybridized carbons (Fsp3) is 0.0980. The van der Waals surface area contributed by atoms with Gasteiger partial charge in [0.25, 0.3) is 0 Å². The van der Waals surface area contributed by atoms with E-state index in [4.69, 9.17) is 4.43 Å². The molecule has 0 fully saturated rings. The van der Waals surface area contributed by atoms with Crippen LogP contribution in [0.2, 0.25) is 6.55 Å². The maximum Gasteiger partial charge on any atom is 2.00 e. The van der Waals surface area contributed by atoms with Gasteiger partial charge in [-0.2, -0.15) is 12.1 Å². The van der Waals surface area contributed by atoms with Crippen molar-refractivity contribution in [3.63, 3.8) is 0 Å². The Morgan fingerprint density at radius 1 is 0.500 bits per heavy atom. The van der Waals surface area contributed by atoms with E-state index < -0.39 is 0 Å². The fourth-order valence-electron chi connectivity index (χ4n) is 6.11. The van der Waals surface area contributed by atoms with E-state index in [1.54, 1.807) is 0 Å².